The molecule has 0 fully saturated rings. The number of amides is 1. The molecule has 9 heteroatoms. The van der Waals surface area contributed by atoms with Crippen LogP contribution in [0.3, 0.4) is 0 Å². The second-order valence-electron chi connectivity index (χ2n) is 5.81. The molecule has 0 saturated heterocycles. The summed E-state index contributed by atoms with van der Waals surface area (Å²) in [5.41, 5.74) is 0.814. The molecule has 0 unspecified atom stereocenters. The van der Waals surface area contributed by atoms with E-state index in [1.165, 1.54) is 26.4 Å². The topological polar surface area (TPSA) is 103 Å². The maximum absolute atomic E-state index is 12.8. The van der Waals surface area contributed by atoms with Gasteiger partial charge in [-0.15, -0.1) is 0 Å². The summed E-state index contributed by atoms with van der Waals surface area (Å²) in [6.07, 6.45) is 0. The Balaban J connectivity index is 1.66. The van der Waals surface area contributed by atoms with Gasteiger partial charge in [-0.25, -0.2) is 14.3 Å². The van der Waals surface area contributed by atoms with Crippen LogP contribution < -0.4 is 10.6 Å². The standard InChI is InChI=1S/C17H13N5O4/c23-16-18-15-11-19(13-4-2-1-3-5-13)17(24)21(15)20(16)10-12-6-8-14(9-7-12)22(25)26/h1-9H,10-11H2. The number of hydrogen-bond acceptors (Lipinski definition) is 5. The van der Waals surface area contributed by atoms with Crippen LogP contribution in [0.25, 0.3) is 0 Å². The van der Waals surface area contributed by atoms with Crippen molar-refractivity contribution in [2.75, 3.05) is 4.90 Å². The Morgan fingerprint density at radius 1 is 1.04 bits per heavy atom. The minimum absolute atomic E-state index is 0.0362. The molecule has 9 nitrogen and oxygen atoms in total. The summed E-state index contributed by atoms with van der Waals surface area (Å²) in [7, 11) is 0. The van der Waals surface area contributed by atoms with Crippen LogP contribution in [0.1, 0.15) is 11.4 Å². The predicted octanol–water partition coefficient (Wildman–Crippen LogP) is 1.99. The lowest BCUT2D eigenvalue weighted by molar-refractivity contribution is -0.384. The summed E-state index contributed by atoms with van der Waals surface area (Å²) in [4.78, 5) is 40.7. The zero-order chi connectivity index (χ0) is 18.3. The number of anilines is 1. The number of hydrogen-bond donors (Lipinski definition) is 0. The van der Waals surface area contributed by atoms with E-state index < -0.39 is 10.6 Å². The van der Waals surface area contributed by atoms with Crippen LogP contribution >= 0.6 is 0 Å². The summed E-state index contributed by atoms with van der Waals surface area (Å²) >= 11 is 0. The molecule has 1 aliphatic rings. The molecule has 0 radical (unpaired) electrons. The van der Waals surface area contributed by atoms with Crippen molar-refractivity contribution >= 4 is 17.4 Å². The van der Waals surface area contributed by atoms with Crippen molar-refractivity contribution in [1.29, 1.82) is 0 Å². The maximum atomic E-state index is 12.8. The third-order valence-corrected chi connectivity index (χ3v) is 4.19. The highest BCUT2D eigenvalue weighted by Crippen LogP contribution is 2.22. The quantitative estimate of drug-likeness (QED) is 0.528. The van der Waals surface area contributed by atoms with Gasteiger partial charge in [-0.1, -0.05) is 30.3 Å². The van der Waals surface area contributed by atoms with Crippen LogP contribution in [0.2, 0.25) is 0 Å². The number of nitro groups is 1. The highest BCUT2D eigenvalue weighted by atomic mass is 16.6. The third-order valence-electron chi connectivity index (χ3n) is 4.19. The average Bonchev–Trinajstić information content (AvgIpc) is 3.12. The molecule has 1 amide bonds. The number of aromatic nitrogens is 3. The fraction of sp³-hybridized carbons (Fsp3) is 0.118. The predicted molar refractivity (Wildman–Crippen MR) is 92.1 cm³/mol. The van der Waals surface area contributed by atoms with E-state index in [0.717, 1.165) is 5.69 Å². The van der Waals surface area contributed by atoms with Gasteiger partial charge in [-0.3, -0.25) is 15.0 Å². The summed E-state index contributed by atoms with van der Waals surface area (Å²) in [6.45, 7) is 0.309. The first-order chi connectivity index (χ1) is 12.5. The fourth-order valence-corrected chi connectivity index (χ4v) is 2.92. The molecule has 4 rings (SSSR count). The number of carbonyl (C=O) groups excluding carboxylic acids is 1. The molecule has 0 atom stereocenters. The van der Waals surface area contributed by atoms with Gasteiger partial charge < -0.3 is 0 Å². The normalized spacial score (nSPS) is 13.1. The molecule has 26 heavy (non-hydrogen) atoms. The van der Waals surface area contributed by atoms with Crippen LogP contribution in [-0.2, 0) is 13.1 Å². The van der Waals surface area contributed by atoms with Gasteiger partial charge >= 0.3 is 11.7 Å². The van der Waals surface area contributed by atoms with E-state index in [1.54, 1.807) is 12.1 Å². The highest BCUT2D eigenvalue weighted by molar-refractivity contribution is 5.95. The van der Waals surface area contributed by atoms with E-state index in [1.807, 2.05) is 30.3 Å². The van der Waals surface area contributed by atoms with Crippen molar-refractivity contribution in [3.8, 4) is 0 Å². The van der Waals surface area contributed by atoms with E-state index in [0.29, 0.717) is 11.4 Å². The van der Waals surface area contributed by atoms with E-state index in [9.17, 15) is 19.7 Å². The molecule has 0 N–H and O–H groups in total. The number of carbonyl (C=O) groups is 1. The first-order valence-electron chi connectivity index (χ1n) is 7.83. The van der Waals surface area contributed by atoms with Crippen LogP contribution in [0, 0.1) is 10.1 Å². The number of fused-ring (bicyclic) bond motifs is 1. The molecule has 130 valence electrons. The second kappa shape index (κ2) is 5.96. The summed E-state index contributed by atoms with van der Waals surface area (Å²) in [5.74, 6) is 0.366. The molecule has 1 aliphatic heterocycles. The van der Waals surface area contributed by atoms with Crippen LogP contribution in [-0.4, -0.2) is 25.3 Å². The van der Waals surface area contributed by atoms with E-state index in [-0.39, 0.29) is 24.8 Å². The summed E-state index contributed by atoms with van der Waals surface area (Å²) in [6, 6.07) is 14.6. The van der Waals surface area contributed by atoms with Crippen molar-refractivity contribution in [3.05, 3.63) is 86.6 Å². The maximum Gasteiger partial charge on any atom is 0.364 e. The molecule has 3 aromatic rings. The van der Waals surface area contributed by atoms with Gasteiger partial charge in [-0.05, 0) is 17.7 Å². The third kappa shape index (κ3) is 2.55. The largest absolute Gasteiger partial charge is 0.364 e. The Labute approximate surface area is 146 Å². The highest BCUT2D eigenvalue weighted by Gasteiger charge is 2.33. The summed E-state index contributed by atoms with van der Waals surface area (Å²) in [5, 5.41) is 10.7. The van der Waals surface area contributed by atoms with E-state index in [2.05, 4.69) is 4.98 Å². The molecule has 2 heterocycles. The number of para-hydroxylation sites is 1. The Morgan fingerprint density at radius 3 is 2.38 bits per heavy atom. The van der Waals surface area contributed by atoms with Crippen LogP contribution in [0.15, 0.2) is 59.4 Å². The van der Waals surface area contributed by atoms with Crippen LogP contribution in [0.4, 0.5) is 16.2 Å². The molecular weight excluding hydrogens is 338 g/mol. The Bertz CT molecular complexity index is 1050. The summed E-state index contributed by atoms with van der Waals surface area (Å²) < 4.78 is 2.50. The van der Waals surface area contributed by atoms with Crippen molar-refractivity contribution in [1.82, 2.24) is 14.3 Å². The van der Waals surface area contributed by atoms with Gasteiger partial charge in [0.15, 0.2) is 5.82 Å². The minimum Gasteiger partial charge on any atom is -0.285 e. The number of benzene rings is 2. The van der Waals surface area contributed by atoms with Gasteiger partial charge in [0.25, 0.3) is 5.69 Å². The van der Waals surface area contributed by atoms with E-state index >= 15 is 0 Å². The van der Waals surface area contributed by atoms with Gasteiger partial charge in [0.05, 0.1) is 18.0 Å². The lowest BCUT2D eigenvalue weighted by Gasteiger charge is -2.15. The second-order valence-corrected chi connectivity index (χ2v) is 5.81. The Morgan fingerprint density at radius 2 is 1.73 bits per heavy atom. The fourth-order valence-electron chi connectivity index (χ4n) is 2.92. The lowest BCUT2D eigenvalue weighted by atomic mass is 10.2. The first kappa shape index (κ1) is 15.8. The molecule has 0 bridgehead atoms. The monoisotopic (exact) mass is 351 g/mol. The molecular formula is C17H13N5O4. The Hall–Kier alpha value is -3.75. The van der Waals surface area contributed by atoms with Gasteiger partial charge in [0.1, 0.15) is 0 Å². The van der Waals surface area contributed by atoms with Crippen molar-refractivity contribution < 1.29 is 9.72 Å². The number of nitro benzene ring substituents is 1. The number of nitrogens with zero attached hydrogens (tertiary/aromatic N) is 5. The molecule has 1 aromatic heterocycles. The van der Waals surface area contributed by atoms with Crippen molar-refractivity contribution in [2.45, 2.75) is 13.1 Å². The van der Waals surface area contributed by atoms with Gasteiger partial charge in [-0.2, -0.15) is 9.67 Å². The van der Waals surface area contributed by atoms with Crippen LogP contribution in [0.5, 0.6) is 0 Å². The number of rotatable bonds is 4. The first-order valence-corrected chi connectivity index (χ1v) is 7.83. The van der Waals surface area contributed by atoms with Crippen molar-refractivity contribution in [2.24, 2.45) is 0 Å². The molecule has 0 spiro atoms. The minimum atomic E-state index is -0.528. The lowest BCUT2D eigenvalue weighted by Crippen LogP contribution is -2.34. The van der Waals surface area contributed by atoms with E-state index in [4.69, 9.17) is 0 Å². The van der Waals surface area contributed by atoms with Gasteiger partial charge in [0, 0.05) is 17.8 Å². The van der Waals surface area contributed by atoms with Crippen molar-refractivity contribution in [3.63, 3.8) is 0 Å². The Kier molecular flexibility index (Phi) is 3.61. The SMILES string of the molecule is O=C1N(c2ccccc2)Cc2nc(=O)n(Cc3ccc([N+](=O)[O-])cc3)n21. The molecule has 0 aliphatic carbocycles. The zero-order valence-corrected chi connectivity index (χ0v) is 13.5. The average molecular weight is 351 g/mol. The smallest absolute Gasteiger partial charge is 0.285 e. The zero-order valence-electron chi connectivity index (χ0n) is 13.5. The number of non-ortho nitro benzene ring substituents is 1. The molecule has 2 aromatic carbocycles. The van der Waals surface area contributed by atoms with Gasteiger partial charge in [0.2, 0.25) is 0 Å². The molecule has 0 saturated carbocycles.